The molecule has 1 amide bonds. The largest absolute Gasteiger partial charge is 0.324 e. The summed E-state index contributed by atoms with van der Waals surface area (Å²) in [6.45, 7) is 0. The van der Waals surface area contributed by atoms with Crippen LogP contribution in [-0.4, -0.2) is 29.6 Å². The second-order valence-electron chi connectivity index (χ2n) is 2.61. The third kappa shape index (κ3) is 5.31. The molecular formula is C7H7ClN2O4S2. The predicted octanol–water partition coefficient (Wildman–Crippen LogP) is 1.21. The lowest BCUT2D eigenvalue weighted by atomic mass is 10.4. The van der Waals surface area contributed by atoms with E-state index in [-0.39, 0.29) is 15.9 Å². The van der Waals surface area contributed by atoms with Gasteiger partial charge in [0.05, 0.1) is 17.6 Å². The van der Waals surface area contributed by atoms with E-state index in [9.17, 15) is 13.2 Å². The number of hydrogen-bond acceptors (Lipinski definition) is 5. The summed E-state index contributed by atoms with van der Waals surface area (Å²) in [7, 11) is -4.07. The number of carbonyl (C=O) groups excluding carboxylic acids is 1. The van der Waals surface area contributed by atoms with Crippen LogP contribution in [0.3, 0.4) is 0 Å². The van der Waals surface area contributed by atoms with Crippen molar-refractivity contribution in [3.63, 3.8) is 0 Å². The van der Waals surface area contributed by atoms with Gasteiger partial charge >= 0.3 is 9.15 Å². The lowest BCUT2D eigenvalue weighted by Crippen LogP contribution is -2.15. The zero-order valence-electron chi connectivity index (χ0n) is 7.75. The maximum absolute atomic E-state index is 11.2. The van der Waals surface area contributed by atoms with E-state index in [0.717, 1.165) is 0 Å². The number of anilines is 1. The fourth-order valence-corrected chi connectivity index (χ4v) is 1.98. The number of pyridine rings is 1. The third-order valence-corrected chi connectivity index (χ3v) is 3.50. The van der Waals surface area contributed by atoms with Crippen LogP contribution >= 0.6 is 22.4 Å². The van der Waals surface area contributed by atoms with E-state index < -0.39 is 20.8 Å². The lowest BCUT2D eigenvalue weighted by molar-refractivity contribution is -0.113. The Balaban J connectivity index is 2.49. The fourth-order valence-electron chi connectivity index (χ4n) is 0.775. The molecule has 0 spiro atoms. The van der Waals surface area contributed by atoms with Crippen molar-refractivity contribution in [3.05, 3.63) is 23.5 Å². The summed E-state index contributed by atoms with van der Waals surface area (Å²) in [5.74, 6) is -0.965. The van der Waals surface area contributed by atoms with Gasteiger partial charge in [-0.05, 0) is 12.1 Å². The summed E-state index contributed by atoms with van der Waals surface area (Å²) in [6, 6.07) is 3.00. The van der Waals surface area contributed by atoms with E-state index in [1.165, 1.54) is 18.3 Å². The van der Waals surface area contributed by atoms with E-state index in [1.54, 1.807) is 0 Å². The predicted molar refractivity (Wildman–Crippen MR) is 61.9 cm³/mol. The molecule has 0 radical (unpaired) electrons. The average Bonchev–Trinajstić information content (AvgIpc) is 2.18. The summed E-state index contributed by atoms with van der Waals surface area (Å²) in [5, 5.41) is 2.67. The van der Waals surface area contributed by atoms with E-state index in [4.69, 9.17) is 16.2 Å². The molecule has 6 nitrogen and oxygen atoms in total. The van der Waals surface area contributed by atoms with Gasteiger partial charge in [-0.1, -0.05) is 11.6 Å². The van der Waals surface area contributed by atoms with Gasteiger partial charge in [0.1, 0.15) is 5.15 Å². The van der Waals surface area contributed by atoms with Crippen molar-refractivity contribution in [3.8, 4) is 0 Å². The molecule has 9 heteroatoms. The van der Waals surface area contributed by atoms with Crippen molar-refractivity contribution in [2.75, 3.05) is 11.1 Å². The van der Waals surface area contributed by atoms with Gasteiger partial charge in [-0.3, -0.25) is 9.35 Å². The molecule has 0 unspecified atom stereocenters. The standard InChI is InChI=1S/C7H7ClN2O4S2/c8-6-2-1-5(3-9-6)10-7(11)4-15-16(12,13)14/h1-3H,4H2,(H,10,11)(H,12,13,14). The second kappa shape index (κ2) is 5.48. The van der Waals surface area contributed by atoms with Crippen LogP contribution in [0.5, 0.6) is 0 Å². The molecule has 0 saturated carbocycles. The SMILES string of the molecule is O=C(CSS(=O)(=O)O)Nc1ccc(Cl)nc1. The van der Waals surface area contributed by atoms with Gasteiger partial charge in [0, 0.05) is 10.8 Å². The molecule has 1 aromatic heterocycles. The topological polar surface area (TPSA) is 96.4 Å². The monoisotopic (exact) mass is 282 g/mol. The van der Waals surface area contributed by atoms with Crippen molar-refractivity contribution in [2.45, 2.75) is 0 Å². The van der Waals surface area contributed by atoms with Gasteiger partial charge in [-0.25, -0.2) is 4.98 Å². The highest BCUT2D eigenvalue weighted by molar-refractivity contribution is 8.70. The van der Waals surface area contributed by atoms with E-state index in [0.29, 0.717) is 5.69 Å². The number of aromatic nitrogens is 1. The van der Waals surface area contributed by atoms with Gasteiger partial charge < -0.3 is 5.32 Å². The zero-order valence-corrected chi connectivity index (χ0v) is 10.1. The third-order valence-electron chi connectivity index (χ3n) is 1.35. The van der Waals surface area contributed by atoms with Gasteiger partial charge in [0.25, 0.3) is 0 Å². The minimum Gasteiger partial charge on any atom is -0.324 e. The molecule has 1 heterocycles. The van der Waals surface area contributed by atoms with Gasteiger partial charge in [-0.15, -0.1) is 0 Å². The molecule has 0 saturated heterocycles. The first-order chi connectivity index (χ1) is 7.37. The Bertz CT molecular complexity index is 474. The second-order valence-corrected chi connectivity index (χ2v) is 6.35. The van der Waals surface area contributed by atoms with Gasteiger partial charge in [0.2, 0.25) is 5.91 Å². The van der Waals surface area contributed by atoms with Crippen molar-refractivity contribution < 1.29 is 17.8 Å². The Labute approximate surface area is 101 Å². The highest BCUT2D eigenvalue weighted by Gasteiger charge is 2.10. The highest BCUT2D eigenvalue weighted by Crippen LogP contribution is 2.12. The number of carbonyl (C=O) groups is 1. The van der Waals surface area contributed by atoms with Crippen LogP contribution in [0.15, 0.2) is 18.3 Å². The molecule has 1 rings (SSSR count). The minimum absolute atomic E-state index is 0.133. The zero-order chi connectivity index (χ0) is 12.2. The molecular weight excluding hydrogens is 276 g/mol. The van der Waals surface area contributed by atoms with Crippen LogP contribution in [0, 0.1) is 0 Å². The molecule has 0 aromatic carbocycles. The lowest BCUT2D eigenvalue weighted by Gasteiger charge is -2.03. The first-order valence-corrected chi connectivity index (χ1v) is 7.22. The Hall–Kier alpha value is -0.830. The number of nitrogens with zero attached hydrogens (tertiary/aromatic N) is 1. The van der Waals surface area contributed by atoms with Crippen molar-refractivity contribution >= 4 is 43.1 Å². The molecule has 0 aliphatic rings. The normalized spacial score (nSPS) is 11.1. The number of nitrogens with one attached hydrogen (secondary N) is 1. The Morgan fingerprint density at radius 2 is 2.25 bits per heavy atom. The van der Waals surface area contributed by atoms with Crippen LogP contribution in [0.25, 0.3) is 0 Å². The van der Waals surface area contributed by atoms with Crippen LogP contribution in [0.2, 0.25) is 5.15 Å². The van der Waals surface area contributed by atoms with Crippen molar-refractivity contribution in [1.82, 2.24) is 4.98 Å². The smallest absolute Gasteiger partial charge is 0.320 e. The van der Waals surface area contributed by atoms with Crippen molar-refractivity contribution in [1.29, 1.82) is 0 Å². The summed E-state index contributed by atoms with van der Waals surface area (Å²) < 4.78 is 29.1. The molecule has 88 valence electrons. The summed E-state index contributed by atoms with van der Waals surface area (Å²) in [6.07, 6.45) is 1.33. The Kier molecular flexibility index (Phi) is 4.54. The number of hydrogen-bond donors (Lipinski definition) is 2. The molecule has 16 heavy (non-hydrogen) atoms. The minimum atomic E-state index is -4.20. The number of amides is 1. The Morgan fingerprint density at radius 1 is 1.56 bits per heavy atom. The summed E-state index contributed by atoms with van der Waals surface area (Å²) in [4.78, 5) is 14.9. The number of halogens is 1. The fraction of sp³-hybridized carbons (Fsp3) is 0.143. The van der Waals surface area contributed by atoms with Crippen LogP contribution in [0.1, 0.15) is 0 Å². The van der Waals surface area contributed by atoms with Crippen LogP contribution in [-0.2, 0) is 13.9 Å². The summed E-state index contributed by atoms with van der Waals surface area (Å²) >= 11 is 5.53. The first kappa shape index (κ1) is 13.2. The highest BCUT2D eigenvalue weighted by atomic mass is 35.5. The molecule has 0 fully saturated rings. The molecule has 2 N–H and O–H groups in total. The van der Waals surface area contributed by atoms with E-state index in [1.807, 2.05) is 0 Å². The molecule has 0 aliphatic heterocycles. The maximum atomic E-state index is 11.2. The van der Waals surface area contributed by atoms with Crippen LogP contribution in [0.4, 0.5) is 5.69 Å². The number of rotatable bonds is 4. The summed E-state index contributed by atoms with van der Waals surface area (Å²) in [5.41, 5.74) is 0.394. The maximum Gasteiger partial charge on any atom is 0.320 e. The Morgan fingerprint density at radius 3 is 2.75 bits per heavy atom. The van der Waals surface area contributed by atoms with Gasteiger partial charge in [-0.2, -0.15) is 8.42 Å². The van der Waals surface area contributed by atoms with Crippen molar-refractivity contribution in [2.24, 2.45) is 0 Å². The quantitative estimate of drug-likeness (QED) is 0.489. The van der Waals surface area contributed by atoms with Crippen LogP contribution < -0.4 is 5.32 Å². The van der Waals surface area contributed by atoms with E-state index >= 15 is 0 Å². The first-order valence-electron chi connectivity index (χ1n) is 3.90. The molecule has 0 atom stereocenters. The van der Waals surface area contributed by atoms with E-state index in [2.05, 4.69) is 10.3 Å². The molecule has 0 aliphatic carbocycles. The molecule has 1 aromatic rings. The van der Waals surface area contributed by atoms with Gasteiger partial charge in [0.15, 0.2) is 0 Å². The average molecular weight is 283 g/mol. The molecule has 0 bridgehead atoms.